The lowest BCUT2D eigenvalue weighted by molar-refractivity contribution is 0.174. The summed E-state index contributed by atoms with van der Waals surface area (Å²) < 4.78 is 37.1. The van der Waals surface area contributed by atoms with Gasteiger partial charge in [-0.25, -0.2) is 13.1 Å². The summed E-state index contributed by atoms with van der Waals surface area (Å²) in [6, 6.07) is 13.3. The van der Waals surface area contributed by atoms with Crippen molar-refractivity contribution in [2.24, 2.45) is 0 Å². The number of hydrogen-bond acceptors (Lipinski definition) is 4. The Hall–Kier alpha value is -2.31. The van der Waals surface area contributed by atoms with Crippen LogP contribution in [0.5, 0.6) is 11.5 Å². The van der Waals surface area contributed by atoms with Gasteiger partial charge in [-0.1, -0.05) is 35.9 Å². The molecule has 2 aromatic rings. The number of sulfonamides is 1. The Bertz CT molecular complexity index is 842. The highest BCUT2D eigenvalue weighted by molar-refractivity contribution is 7.92. The lowest BCUT2D eigenvalue weighted by atomic mass is 10.1. The average molecular weight is 345 g/mol. The molecule has 1 aliphatic heterocycles. The van der Waals surface area contributed by atoms with E-state index in [2.05, 4.69) is 4.72 Å². The predicted molar refractivity (Wildman–Crippen MR) is 93.4 cm³/mol. The maximum absolute atomic E-state index is 12.0. The zero-order valence-electron chi connectivity index (χ0n) is 13.4. The second-order valence-electron chi connectivity index (χ2n) is 5.59. The highest BCUT2D eigenvalue weighted by atomic mass is 32.2. The van der Waals surface area contributed by atoms with Gasteiger partial charge in [-0.05, 0) is 42.7 Å². The lowest BCUT2D eigenvalue weighted by Crippen LogP contribution is -2.23. The van der Waals surface area contributed by atoms with Crippen LogP contribution in [-0.4, -0.2) is 21.8 Å². The molecule has 3 rings (SSSR count). The first-order valence-corrected chi connectivity index (χ1v) is 9.19. The summed E-state index contributed by atoms with van der Waals surface area (Å²) in [4.78, 5) is 0. The van der Waals surface area contributed by atoms with Crippen molar-refractivity contribution in [1.29, 1.82) is 0 Å². The molecule has 0 saturated heterocycles. The van der Waals surface area contributed by atoms with Gasteiger partial charge in [0.2, 0.25) is 16.8 Å². The van der Waals surface area contributed by atoms with E-state index in [0.29, 0.717) is 18.7 Å². The van der Waals surface area contributed by atoms with Crippen LogP contribution in [0.3, 0.4) is 0 Å². The van der Waals surface area contributed by atoms with Crippen molar-refractivity contribution in [3.8, 4) is 11.5 Å². The summed E-state index contributed by atoms with van der Waals surface area (Å²) >= 11 is 0. The minimum Gasteiger partial charge on any atom is -0.454 e. The molecule has 0 fully saturated rings. The van der Waals surface area contributed by atoms with Gasteiger partial charge in [-0.3, -0.25) is 0 Å². The highest BCUT2D eigenvalue weighted by Crippen LogP contribution is 2.32. The van der Waals surface area contributed by atoms with Gasteiger partial charge in [0.05, 0.1) is 0 Å². The van der Waals surface area contributed by atoms with Gasteiger partial charge in [0.15, 0.2) is 11.5 Å². The fourth-order valence-electron chi connectivity index (χ4n) is 2.33. The third kappa shape index (κ3) is 4.37. The van der Waals surface area contributed by atoms with Crippen molar-refractivity contribution >= 4 is 16.1 Å². The van der Waals surface area contributed by atoms with Gasteiger partial charge >= 0.3 is 0 Å². The second-order valence-corrected chi connectivity index (χ2v) is 7.24. The van der Waals surface area contributed by atoms with Crippen LogP contribution >= 0.6 is 0 Å². The van der Waals surface area contributed by atoms with Crippen LogP contribution in [0, 0.1) is 6.92 Å². The molecule has 1 N–H and O–H groups in total. The Kier molecular flexibility index (Phi) is 4.87. The first-order chi connectivity index (χ1) is 11.5. The molecule has 0 amide bonds. The summed E-state index contributed by atoms with van der Waals surface area (Å²) in [6.45, 7) is 2.54. The van der Waals surface area contributed by atoms with E-state index < -0.39 is 10.0 Å². The summed E-state index contributed by atoms with van der Waals surface area (Å²) in [6.07, 6.45) is 2.16. The Morgan fingerprint density at radius 2 is 1.83 bits per heavy atom. The van der Waals surface area contributed by atoms with E-state index in [1.807, 2.05) is 49.4 Å². The monoisotopic (exact) mass is 345 g/mol. The molecule has 1 heterocycles. The van der Waals surface area contributed by atoms with Crippen LogP contribution in [0.1, 0.15) is 16.7 Å². The van der Waals surface area contributed by atoms with Crippen molar-refractivity contribution in [2.45, 2.75) is 13.3 Å². The van der Waals surface area contributed by atoms with E-state index >= 15 is 0 Å². The molecule has 0 unspecified atom stereocenters. The SMILES string of the molecule is Cc1ccc(/C=C/S(=O)(=O)NCCc2ccc3c(c2)OCO3)cc1. The minimum absolute atomic E-state index is 0.231. The largest absolute Gasteiger partial charge is 0.454 e. The van der Waals surface area contributed by atoms with E-state index in [-0.39, 0.29) is 6.79 Å². The third-order valence-electron chi connectivity index (χ3n) is 3.67. The fourth-order valence-corrected chi connectivity index (χ4v) is 3.15. The van der Waals surface area contributed by atoms with Gasteiger partial charge in [-0.15, -0.1) is 0 Å². The average Bonchev–Trinajstić information content (AvgIpc) is 3.02. The van der Waals surface area contributed by atoms with E-state index in [0.717, 1.165) is 22.4 Å². The van der Waals surface area contributed by atoms with Crippen LogP contribution in [0.4, 0.5) is 0 Å². The molecule has 24 heavy (non-hydrogen) atoms. The molecular formula is C18H19NO4S. The number of nitrogens with one attached hydrogen (secondary N) is 1. The topological polar surface area (TPSA) is 64.6 Å². The first-order valence-electron chi connectivity index (χ1n) is 7.65. The minimum atomic E-state index is -3.46. The molecule has 0 aromatic heterocycles. The number of rotatable bonds is 6. The standard InChI is InChI=1S/C18H19NO4S/c1-14-2-4-15(5-3-14)9-11-24(20,21)19-10-8-16-6-7-17-18(12-16)23-13-22-17/h2-7,9,11-12,19H,8,10,13H2,1H3/b11-9+. The molecule has 0 spiro atoms. The Balaban J connectivity index is 1.54. The Morgan fingerprint density at radius 3 is 2.62 bits per heavy atom. The fraction of sp³-hybridized carbons (Fsp3) is 0.222. The molecule has 0 radical (unpaired) electrons. The van der Waals surface area contributed by atoms with Crippen molar-refractivity contribution < 1.29 is 17.9 Å². The van der Waals surface area contributed by atoms with Crippen LogP contribution in [-0.2, 0) is 16.4 Å². The molecule has 0 saturated carbocycles. The number of ether oxygens (including phenoxy) is 2. The summed E-state index contributed by atoms with van der Waals surface area (Å²) in [5, 5.41) is 1.19. The molecule has 2 aromatic carbocycles. The predicted octanol–water partition coefficient (Wildman–Crippen LogP) is 2.86. The van der Waals surface area contributed by atoms with Crippen molar-refractivity contribution in [3.63, 3.8) is 0 Å². The first kappa shape index (κ1) is 16.5. The van der Waals surface area contributed by atoms with Gasteiger partial charge in [-0.2, -0.15) is 0 Å². The van der Waals surface area contributed by atoms with Crippen molar-refractivity contribution in [3.05, 3.63) is 64.6 Å². The lowest BCUT2D eigenvalue weighted by Gasteiger charge is -2.04. The van der Waals surface area contributed by atoms with Crippen LogP contribution in [0.25, 0.3) is 6.08 Å². The van der Waals surface area contributed by atoms with E-state index in [4.69, 9.17) is 9.47 Å². The summed E-state index contributed by atoms with van der Waals surface area (Å²) in [5.41, 5.74) is 2.98. The third-order valence-corrected chi connectivity index (χ3v) is 4.77. The summed E-state index contributed by atoms with van der Waals surface area (Å²) in [5.74, 6) is 1.43. The molecule has 6 heteroatoms. The number of aryl methyl sites for hydroxylation is 1. The van der Waals surface area contributed by atoms with E-state index in [9.17, 15) is 8.42 Å². The van der Waals surface area contributed by atoms with Crippen LogP contribution in [0.15, 0.2) is 47.9 Å². The molecule has 5 nitrogen and oxygen atoms in total. The van der Waals surface area contributed by atoms with Gasteiger partial charge in [0, 0.05) is 12.0 Å². The molecule has 126 valence electrons. The molecular weight excluding hydrogens is 326 g/mol. The van der Waals surface area contributed by atoms with Crippen LogP contribution < -0.4 is 14.2 Å². The van der Waals surface area contributed by atoms with Crippen molar-refractivity contribution in [1.82, 2.24) is 4.72 Å². The number of benzene rings is 2. The molecule has 1 aliphatic rings. The molecule has 0 bridgehead atoms. The second kappa shape index (κ2) is 7.07. The zero-order valence-corrected chi connectivity index (χ0v) is 14.2. The van der Waals surface area contributed by atoms with Gasteiger partial charge < -0.3 is 9.47 Å². The highest BCUT2D eigenvalue weighted by Gasteiger charge is 2.13. The zero-order chi connectivity index (χ0) is 17.0. The number of fused-ring (bicyclic) bond motifs is 1. The molecule has 0 atom stereocenters. The Labute approximate surface area is 142 Å². The Morgan fingerprint density at radius 1 is 1.08 bits per heavy atom. The van der Waals surface area contributed by atoms with E-state index in [1.54, 1.807) is 6.08 Å². The molecule has 0 aliphatic carbocycles. The van der Waals surface area contributed by atoms with Crippen LogP contribution in [0.2, 0.25) is 0 Å². The normalized spacial score (nSPS) is 13.5. The van der Waals surface area contributed by atoms with Gasteiger partial charge in [0.25, 0.3) is 0 Å². The quantitative estimate of drug-likeness (QED) is 0.874. The van der Waals surface area contributed by atoms with Gasteiger partial charge in [0.1, 0.15) is 0 Å². The van der Waals surface area contributed by atoms with Crippen molar-refractivity contribution in [2.75, 3.05) is 13.3 Å². The van der Waals surface area contributed by atoms with E-state index in [1.165, 1.54) is 5.41 Å². The maximum atomic E-state index is 12.0. The number of hydrogen-bond donors (Lipinski definition) is 1. The summed E-state index contributed by atoms with van der Waals surface area (Å²) in [7, 11) is -3.46. The maximum Gasteiger partial charge on any atom is 0.233 e. The smallest absolute Gasteiger partial charge is 0.233 e.